The number of likely N-dealkylation sites (tertiary alicyclic amines) is 1. The molecule has 0 radical (unpaired) electrons. The lowest BCUT2D eigenvalue weighted by Gasteiger charge is -2.31. The van der Waals surface area contributed by atoms with Crippen molar-refractivity contribution in [3.63, 3.8) is 0 Å². The predicted octanol–water partition coefficient (Wildman–Crippen LogP) is 1.82. The highest BCUT2D eigenvalue weighted by atomic mass is 16.4. The standard InChI is InChI=1S/C16H19N3O3/c20-15(19-7-5-11(6-8-19)9-16(21)22)10-14-12-3-1-2-4-13(12)17-18-14/h1-4,11H,5-10H2,(H,17,18)(H,21,22). The van der Waals surface area contributed by atoms with Crippen molar-refractivity contribution >= 4 is 22.8 Å². The minimum absolute atomic E-state index is 0.0724. The molecule has 0 aliphatic carbocycles. The summed E-state index contributed by atoms with van der Waals surface area (Å²) in [4.78, 5) is 25.0. The SMILES string of the molecule is O=C(O)CC1CCN(C(=O)Cc2[nH]nc3ccccc23)CC1. The van der Waals surface area contributed by atoms with Gasteiger partial charge in [0.25, 0.3) is 0 Å². The van der Waals surface area contributed by atoms with Crippen molar-refractivity contribution in [3.05, 3.63) is 30.0 Å². The Bertz CT molecular complexity index is 687. The number of rotatable bonds is 4. The van der Waals surface area contributed by atoms with Gasteiger partial charge in [-0.05, 0) is 24.8 Å². The highest BCUT2D eigenvalue weighted by molar-refractivity contribution is 5.87. The van der Waals surface area contributed by atoms with E-state index in [0.717, 1.165) is 29.4 Å². The fourth-order valence-corrected chi connectivity index (χ4v) is 3.05. The zero-order chi connectivity index (χ0) is 15.5. The zero-order valence-electron chi connectivity index (χ0n) is 12.3. The fourth-order valence-electron chi connectivity index (χ4n) is 3.05. The number of aliphatic carboxylic acids is 1. The van der Waals surface area contributed by atoms with Gasteiger partial charge in [0.1, 0.15) is 0 Å². The average Bonchev–Trinajstić information content (AvgIpc) is 2.91. The van der Waals surface area contributed by atoms with Crippen LogP contribution in [0, 0.1) is 5.92 Å². The number of hydrogen-bond donors (Lipinski definition) is 2. The summed E-state index contributed by atoms with van der Waals surface area (Å²) in [6.07, 6.45) is 2.04. The summed E-state index contributed by atoms with van der Waals surface area (Å²) in [5, 5.41) is 16.9. The zero-order valence-corrected chi connectivity index (χ0v) is 12.3. The van der Waals surface area contributed by atoms with Gasteiger partial charge in [-0.15, -0.1) is 0 Å². The topological polar surface area (TPSA) is 86.3 Å². The van der Waals surface area contributed by atoms with Crippen LogP contribution in [0.4, 0.5) is 0 Å². The molecule has 1 saturated heterocycles. The van der Waals surface area contributed by atoms with E-state index in [4.69, 9.17) is 5.11 Å². The third-order valence-electron chi connectivity index (χ3n) is 4.30. The summed E-state index contributed by atoms with van der Waals surface area (Å²) >= 11 is 0. The molecule has 1 fully saturated rings. The quantitative estimate of drug-likeness (QED) is 0.902. The molecule has 1 aromatic heterocycles. The first-order chi connectivity index (χ1) is 10.6. The van der Waals surface area contributed by atoms with Crippen LogP contribution in [0.15, 0.2) is 24.3 Å². The number of hydrogen-bond acceptors (Lipinski definition) is 3. The van der Waals surface area contributed by atoms with Gasteiger partial charge in [0, 0.05) is 24.9 Å². The summed E-state index contributed by atoms with van der Waals surface area (Å²) in [5.41, 5.74) is 1.71. The van der Waals surface area contributed by atoms with Crippen molar-refractivity contribution < 1.29 is 14.7 Å². The maximum absolute atomic E-state index is 12.4. The van der Waals surface area contributed by atoms with Crippen LogP contribution in [0.1, 0.15) is 25.0 Å². The molecule has 1 aliphatic rings. The van der Waals surface area contributed by atoms with Crippen LogP contribution in [-0.2, 0) is 16.0 Å². The molecular formula is C16H19N3O3. The lowest BCUT2D eigenvalue weighted by molar-refractivity contribution is -0.138. The smallest absolute Gasteiger partial charge is 0.303 e. The van der Waals surface area contributed by atoms with Crippen molar-refractivity contribution in [2.75, 3.05) is 13.1 Å². The summed E-state index contributed by atoms with van der Waals surface area (Å²) in [5.74, 6) is -0.494. The molecule has 116 valence electrons. The minimum Gasteiger partial charge on any atom is -0.481 e. The van der Waals surface area contributed by atoms with E-state index in [1.54, 1.807) is 0 Å². The molecular weight excluding hydrogens is 282 g/mol. The van der Waals surface area contributed by atoms with Crippen LogP contribution in [0.2, 0.25) is 0 Å². The number of carboxylic acid groups (broad SMARTS) is 1. The van der Waals surface area contributed by atoms with E-state index in [2.05, 4.69) is 10.2 Å². The van der Waals surface area contributed by atoms with Crippen molar-refractivity contribution in [1.29, 1.82) is 0 Å². The van der Waals surface area contributed by atoms with Crippen LogP contribution in [0.5, 0.6) is 0 Å². The van der Waals surface area contributed by atoms with E-state index in [1.807, 2.05) is 29.2 Å². The number of H-pyrrole nitrogens is 1. The van der Waals surface area contributed by atoms with Crippen LogP contribution >= 0.6 is 0 Å². The Morgan fingerprint density at radius 2 is 2.00 bits per heavy atom. The molecule has 22 heavy (non-hydrogen) atoms. The molecule has 2 aromatic rings. The van der Waals surface area contributed by atoms with Crippen LogP contribution in [0.25, 0.3) is 10.9 Å². The number of fused-ring (bicyclic) bond motifs is 1. The van der Waals surface area contributed by atoms with E-state index in [9.17, 15) is 9.59 Å². The Balaban J connectivity index is 1.60. The third kappa shape index (κ3) is 3.10. The molecule has 6 heteroatoms. The normalized spacial score (nSPS) is 16.1. The monoisotopic (exact) mass is 301 g/mol. The first-order valence-electron chi connectivity index (χ1n) is 7.55. The lowest BCUT2D eigenvalue weighted by atomic mass is 9.93. The summed E-state index contributed by atoms with van der Waals surface area (Å²) in [6, 6.07) is 7.73. The van der Waals surface area contributed by atoms with Gasteiger partial charge in [0.15, 0.2) is 0 Å². The molecule has 1 aromatic carbocycles. The van der Waals surface area contributed by atoms with Crippen molar-refractivity contribution in [2.45, 2.75) is 25.7 Å². The summed E-state index contributed by atoms with van der Waals surface area (Å²) < 4.78 is 0. The first-order valence-corrected chi connectivity index (χ1v) is 7.55. The molecule has 1 aliphatic heterocycles. The van der Waals surface area contributed by atoms with E-state index < -0.39 is 5.97 Å². The second kappa shape index (κ2) is 6.17. The lowest BCUT2D eigenvalue weighted by Crippen LogP contribution is -2.39. The summed E-state index contributed by atoms with van der Waals surface area (Å²) in [7, 11) is 0. The largest absolute Gasteiger partial charge is 0.481 e. The van der Waals surface area contributed by atoms with Gasteiger partial charge in [-0.1, -0.05) is 18.2 Å². The molecule has 0 spiro atoms. The highest BCUT2D eigenvalue weighted by Gasteiger charge is 2.24. The van der Waals surface area contributed by atoms with Crippen LogP contribution in [0.3, 0.4) is 0 Å². The van der Waals surface area contributed by atoms with E-state index in [1.165, 1.54) is 0 Å². The molecule has 6 nitrogen and oxygen atoms in total. The number of nitrogens with zero attached hydrogens (tertiary/aromatic N) is 2. The number of piperidine rings is 1. The number of aromatic nitrogens is 2. The third-order valence-corrected chi connectivity index (χ3v) is 4.30. The van der Waals surface area contributed by atoms with E-state index in [0.29, 0.717) is 19.5 Å². The fraction of sp³-hybridized carbons (Fsp3) is 0.438. The van der Waals surface area contributed by atoms with Gasteiger partial charge in [-0.25, -0.2) is 0 Å². The highest BCUT2D eigenvalue weighted by Crippen LogP contribution is 2.22. The number of carbonyl (C=O) groups is 2. The van der Waals surface area contributed by atoms with Gasteiger partial charge in [0.05, 0.1) is 17.6 Å². The van der Waals surface area contributed by atoms with E-state index >= 15 is 0 Å². The molecule has 0 atom stereocenters. The molecule has 0 saturated carbocycles. The second-order valence-corrected chi connectivity index (χ2v) is 5.82. The number of benzene rings is 1. The first kappa shape index (κ1) is 14.6. The van der Waals surface area contributed by atoms with Crippen LogP contribution < -0.4 is 0 Å². The Hall–Kier alpha value is -2.37. The maximum Gasteiger partial charge on any atom is 0.303 e. The Labute approximate surface area is 128 Å². The Morgan fingerprint density at radius 3 is 2.73 bits per heavy atom. The number of carboxylic acids is 1. The molecule has 1 amide bonds. The summed E-state index contributed by atoms with van der Waals surface area (Å²) in [6.45, 7) is 1.28. The number of nitrogens with one attached hydrogen (secondary N) is 1. The van der Waals surface area contributed by atoms with Crippen molar-refractivity contribution in [1.82, 2.24) is 15.1 Å². The Kier molecular flexibility index (Phi) is 4.09. The van der Waals surface area contributed by atoms with E-state index in [-0.39, 0.29) is 18.2 Å². The second-order valence-electron chi connectivity index (χ2n) is 5.82. The predicted molar refractivity (Wildman–Crippen MR) is 81.4 cm³/mol. The van der Waals surface area contributed by atoms with Crippen molar-refractivity contribution in [3.8, 4) is 0 Å². The average molecular weight is 301 g/mol. The Morgan fingerprint density at radius 1 is 1.27 bits per heavy atom. The number of aromatic amines is 1. The molecule has 0 unspecified atom stereocenters. The van der Waals surface area contributed by atoms with Gasteiger partial charge in [-0.3, -0.25) is 14.7 Å². The van der Waals surface area contributed by atoms with Gasteiger partial charge in [0.2, 0.25) is 5.91 Å². The van der Waals surface area contributed by atoms with Crippen molar-refractivity contribution in [2.24, 2.45) is 5.92 Å². The minimum atomic E-state index is -0.756. The molecule has 3 rings (SSSR count). The number of carbonyl (C=O) groups excluding carboxylic acids is 1. The number of amides is 1. The molecule has 2 N–H and O–H groups in total. The van der Waals surface area contributed by atoms with Gasteiger partial charge >= 0.3 is 5.97 Å². The van der Waals surface area contributed by atoms with Gasteiger partial charge < -0.3 is 10.0 Å². The molecule has 0 bridgehead atoms. The maximum atomic E-state index is 12.4. The molecule has 2 heterocycles. The van der Waals surface area contributed by atoms with Crippen LogP contribution in [-0.4, -0.2) is 45.2 Å². The number of para-hydroxylation sites is 1. The van der Waals surface area contributed by atoms with Gasteiger partial charge in [-0.2, -0.15) is 5.10 Å².